The molecule has 0 saturated carbocycles. The zero-order valence-electron chi connectivity index (χ0n) is 20.4. The van der Waals surface area contributed by atoms with Gasteiger partial charge in [0.15, 0.2) is 6.29 Å². The van der Waals surface area contributed by atoms with E-state index < -0.39 is 19.0 Å². The van der Waals surface area contributed by atoms with Gasteiger partial charge in [0.2, 0.25) is 0 Å². The molecular formula is C26H25F3N6O2. The molecule has 1 aliphatic heterocycles. The Morgan fingerprint density at radius 3 is 2.41 bits per heavy atom. The average Bonchev–Trinajstić information content (AvgIpc) is 2.92. The number of fused-ring (bicyclic) bond motifs is 2. The predicted molar refractivity (Wildman–Crippen MR) is 138 cm³/mol. The summed E-state index contributed by atoms with van der Waals surface area (Å²) in [6, 6.07) is 13.8. The highest BCUT2D eigenvalue weighted by Crippen LogP contribution is 2.28. The molecule has 0 spiro atoms. The third-order valence-corrected chi connectivity index (χ3v) is 5.47. The van der Waals surface area contributed by atoms with Crippen LogP contribution in [0.4, 0.5) is 19.0 Å². The van der Waals surface area contributed by atoms with Crippen LogP contribution in [0.1, 0.15) is 19.4 Å². The minimum atomic E-state index is -4.41. The third kappa shape index (κ3) is 5.61. The number of hydrogen-bond acceptors (Lipinski definition) is 7. The molecule has 8 nitrogen and oxygen atoms in total. The Morgan fingerprint density at radius 2 is 1.73 bits per heavy atom. The van der Waals surface area contributed by atoms with E-state index in [1.807, 2.05) is 13.8 Å². The number of rotatable bonds is 5. The smallest absolute Gasteiger partial charge is 0.401 e. The Bertz CT molecular complexity index is 1480. The fourth-order valence-electron chi connectivity index (χ4n) is 3.84. The third-order valence-electron chi connectivity index (χ3n) is 5.47. The minimum Gasteiger partial charge on any atom is -0.497 e. The van der Waals surface area contributed by atoms with Crippen molar-refractivity contribution in [2.24, 2.45) is 4.99 Å². The van der Waals surface area contributed by atoms with Crippen molar-refractivity contribution in [2.75, 3.05) is 19.0 Å². The standard InChI is InChI=1S/C24H19F3N6O2.C2H6/c1-35-17-5-3-16(4-6-17)33-21-15(12-30-23(32-21)31-13-24(25,26)27)10-18(22(33)34)14-2-7-19-20(11-14)29-9-8-28-19;1-2/h2-12,23,31-32H,13H2,1H3;1-2H3. The van der Waals surface area contributed by atoms with Gasteiger partial charge in [0.25, 0.3) is 5.56 Å². The highest BCUT2D eigenvalue weighted by atomic mass is 19.4. The molecule has 2 aromatic heterocycles. The summed E-state index contributed by atoms with van der Waals surface area (Å²) in [6.07, 6.45) is -0.864. The van der Waals surface area contributed by atoms with Gasteiger partial charge in [0.1, 0.15) is 11.6 Å². The Balaban J connectivity index is 0.00000156. The molecule has 5 rings (SSSR count). The normalized spacial score (nSPS) is 14.4. The van der Waals surface area contributed by atoms with Crippen LogP contribution in [0.25, 0.3) is 27.8 Å². The number of aliphatic imine (C=N–C) groups is 1. The number of nitrogens with one attached hydrogen (secondary N) is 2. The molecule has 11 heteroatoms. The van der Waals surface area contributed by atoms with E-state index in [2.05, 4.69) is 25.6 Å². The Hall–Kier alpha value is -4.25. The SMILES string of the molecule is CC.COc1ccc(-n2c3c(cc(-c4ccc5nccnc5c4)c2=O)C=NC(NCC(F)(F)F)N3)cc1. The molecule has 1 aliphatic rings. The molecule has 4 aromatic rings. The van der Waals surface area contributed by atoms with Gasteiger partial charge in [-0.1, -0.05) is 19.9 Å². The van der Waals surface area contributed by atoms with Gasteiger partial charge in [-0.25, -0.2) is 0 Å². The predicted octanol–water partition coefficient (Wildman–Crippen LogP) is 4.76. The first-order chi connectivity index (χ1) is 17.8. The quantitative estimate of drug-likeness (QED) is 0.402. The second kappa shape index (κ2) is 10.8. The van der Waals surface area contributed by atoms with Gasteiger partial charge in [-0.05, 0) is 48.0 Å². The van der Waals surface area contributed by atoms with Crippen molar-refractivity contribution >= 4 is 23.1 Å². The monoisotopic (exact) mass is 510 g/mol. The maximum absolute atomic E-state index is 13.8. The number of halogens is 3. The summed E-state index contributed by atoms with van der Waals surface area (Å²) >= 11 is 0. The van der Waals surface area contributed by atoms with E-state index in [1.165, 1.54) is 17.9 Å². The summed E-state index contributed by atoms with van der Waals surface area (Å²) < 4.78 is 44.8. The summed E-state index contributed by atoms with van der Waals surface area (Å²) in [5.74, 6) is 0.915. The zero-order chi connectivity index (χ0) is 26.6. The first-order valence-corrected chi connectivity index (χ1v) is 11.6. The van der Waals surface area contributed by atoms with E-state index in [1.54, 1.807) is 60.9 Å². The fourth-order valence-corrected chi connectivity index (χ4v) is 3.84. The van der Waals surface area contributed by atoms with Crippen molar-refractivity contribution in [1.29, 1.82) is 0 Å². The number of nitrogens with zero attached hydrogens (tertiary/aromatic N) is 4. The summed E-state index contributed by atoms with van der Waals surface area (Å²) in [4.78, 5) is 26.5. The lowest BCUT2D eigenvalue weighted by Gasteiger charge is -2.26. The highest BCUT2D eigenvalue weighted by molar-refractivity contribution is 5.92. The second-order valence-electron chi connectivity index (χ2n) is 7.78. The van der Waals surface area contributed by atoms with Crippen LogP contribution in [-0.4, -0.2) is 46.9 Å². The van der Waals surface area contributed by atoms with Gasteiger partial charge in [-0.3, -0.25) is 29.6 Å². The molecule has 0 fully saturated rings. The molecule has 0 amide bonds. The lowest BCUT2D eigenvalue weighted by atomic mass is 10.0. The van der Waals surface area contributed by atoms with Crippen molar-refractivity contribution in [1.82, 2.24) is 19.9 Å². The molecule has 0 saturated heterocycles. The Kier molecular flexibility index (Phi) is 7.53. The highest BCUT2D eigenvalue weighted by Gasteiger charge is 2.29. The van der Waals surface area contributed by atoms with Gasteiger partial charge in [-0.2, -0.15) is 13.2 Å². The molecule has 37 heavy (non-hydrogen) atoms. The first kappa shape index (κ1) is 25.8. The number of aromatic nitrogens is 3. The van der Waals surface area contributed by atoms with Crippen LogP contribution in [0.2, 0.25) is 0 Å². The molecule has 0 radical (unpaired) electrons. The van der Waals surface area contributed by atoms with Crippen molar-refractivity contribution in [3.05, 3.63) is 76.8 Å². The molecule has 1 atom stereocenters. The average molecular weight is 511 g/mol. The van der Waals surface area contributed by atoms with Gasteiger partial charge in [0, 0.05) is 29.7 Å². The number of benzene rings is 2. The molecule has 0 bridgehead atoms. The van der Waals surface area contributed by atoms with E-state index in [0.29, 0.717) is 45.0 Å². The van der Waals surface area contributed by atoms with Crippen molar-refractivity contribution in [2.45, 2.75) is 26.3 Å². The van der Waals surface area contributed by atoms with Crippen LogP contribution in [0.15, 0.2) is 70.7 Å². The van der Waals surface area contributed by atoms with Crippen LogP contribution in [0.5, 0.6) is 5.75 Å². The number of hydrogen-bond donors (Lipinski definition) is 2. The van der Waals surface area contributed by atoms with Crippen LogP contribution in [0, 0.1) is 0 Å². The Morgan fingerprint density at radius 1 is 1.03 bits per heavy atom. The number of alkyl halides is 3. The fraction of sp³-hybridized carbons (Fsp3) is 0.231. The first-order valence-electron chi connectivity index (χ1n) is 11.6. The van der Waals surface area contributed by atoms with Crippen LogP contribution >= 0.6 is 0 Å². The molecular weight excluding hydrogens is 485 g/mol. The summed E-state index contributed by atoms with van der Waals surface area (Å²) in [6.45, 7) is 2.76. The molecule has 1 unspecified atom stereocenters. The summed E-state index contributed by atoms with van der Waals surface area (Å²) in [7, 11) is 1.53. The van der Waals surface area contributed by atoms with E-state index in [-0.39, 0.29) is 5.56 Å². The van der Waals surface area contributed by atoms with E-state index in [0.717, 1.165) is 0 Å². The summed E-state index contributed by atoms with van der Waals surface area (Å²) in [5, 5.41) is 5.22. The molecule has 2 N–H and O–H groups in total. The van der Waals surface area contributed by atoms with Gasteiger partial charge >= 0.3 is 6.18 Å². The maximum Gasteiger partial charge on any atom is 0.401 e. The van der Waals surface area contributed by atoms with Gasteiger partial charge in [0.05, 0.1) is 30.4 Å². The lowest BCUT2D eigenvalue weighted by Crippen LogP contribution is -2.43. The van der Waals surface area contributed by atoms with Gasteiger partial charge < -0.3 is 10.1 Å². The minimum absolute atomic E-state index is 0.319. The van der Waals surface area contributed by atoms with Crippen LogP contribution in [-0.2, 0) is 0 Å². The molecule has 0 aliphatic carbocycles. The second-order valence-corrected chi connectivity index (χ2v) is 7.78. The van der Waals surface area contributed by atoms with Crippen molar-refractivity contribution in [3.8, 4) is 22.6 Å². The Labute approximate surface area is 210 Å². The van der Waals surface area contributed by atoms with E-state index in [9.17, 15) is 18.0 Å². The van der Waals surface area contributed by atoms with Crippen molar-refractivity contribution in [3.63, 3.8) is 0 Å². The largest absolute Gasteiger partial charge is 0.497 e. The number of methoxy groups -OCH3 is 1. The van der Waals surface area contributed by atoms with Gasteiger partial charge in [-0.15, -0.1) is 0 Å². The van der Waals surface area contributed by atoms with Crippen LogP contribution in [0.3, 0.4) is 0 Å². The van der Waals surface area contributed by atoms with E-state index >= 15 is 0 Å². The topological polar surface area (TPSA) is 93.4 Å². The molecule has 3 heterocycles. The zero-order valence-corrected chi connectivity index (χ0v) is 20.4. The maximum atomic E-state index is 13.8. The number of pyridine rings is 1. The van der Waals surface area contributed by atoms with Crippen molar-refractivity contribution < 1.29 is 17.9 Å². The van der Waals surface area contributed by atoms with Crippen LogP contribution < -0.4 is 20.9 Å². The number of anilines is 1. The summed E-state index contributed by atoms with van der Waals surface area (Å²) in [5.41, 5.74) is 3.00. The molecule has 2 aromatic carbocycles. The lowest BCUT2D eigenvalue weighted by molar-refractivity contribution is -0.125. The molecule has 192 valence electrons. The number of ether oxygens (including phenoxy) is 1. The van der Waals surface area contributed by atoms with E-state index in [4.69, 9.17) is 4.74 Å².